The van der Waals surface area contributed by atoms with Crippen molar-refractivity contribution in [2.75, 3.05) is 0 Å². The van der Waals surface area contributed by atoms with Crippen molar-refractivity contribution < 1.29 is 0 Å². The Hall–Kier alpha value is -0.350. The van der Waals surface area contributed by atoms with Crippen molar-refractivity contribution in [2.45, 2.75) is 25.9 Å². The first-order valence-corrected chi connectivity index (χ1v) is 7.29. The van der Waals surface area contributed by atoms with Gasteiger partial charge in [0, 0.05) is 21.8 Å². The van der Waals surface area contributed by atoms with Crippen LogP contribution < -0.4 is 5.32 Å². The monoisotopic (exact) mass is 271 g/mol. The van der Waals surface area contributed by atoms with Crippen molar-refractivity contribution in [3.8, 4) is 0 Å². The molecule has 0 saturated carbocycles. The maximum absolute atomic E-state index is 5.93. The van der Waals surface area contributed by atoms with Gasteiger partial charge in [0.05, 0.1) is 4.34 Å². The Morgan fingerprint density at radius 3 is 2.44 bits per heavy atom. The summed E-state index contributed by atoms with van der Waals surface area (Å²) in [6.07, 6.45) is 0. The summed E-state index contributed by atoms with van der Waals surface area (Å²) in [5.74, 6) is 0. The minimum absolute atomic E-state index is 0.342. The van der Waals surface area contributed by atoms with Gasteiger partial charge in [-0.2, -0.15) is 0 Å². The summed E-state index contributed by atoms with van der Waals surface area (Å²) in [7, 11) is 0. The van der Waals surface area contributed by atoms with Gasteiger partial charge in [0.1, 0.15) is 0 Å². The molecule has 1 unspecified atom stereocenters. The van der Waals surface area contributed by atoms with Crippen LogP contribution in [0.4, 0.5) is 0 Å². The Bertz CT molecular complexity index is 436. The zero-order valence-corrected chi connectivity index (χ0v) is 11.6. The van der Waals surface area contributed by atoms with Crippen LogP contribution in [0.15, 0.2) is 29.6 Å². The molecule has 0 aliphatic rings. The van der Waals surface area contributed by atoms with Gasteiger partial charge in [0.15, 0.2) is 0 Å². The molecular weight excluding hydrogens is 258 g/mol. The van der Waals surface area contributed by atoms with Gasteiger partial charge in [-0.3, -0.25) is 0 Å². The maximum Gasteiger partial charge on any atom is 0.0931 e. The summed E-state index contributed by atoms with van der Waals surface area (Å²) in [5, 5.41) is 5.69. The van der Waals surface area contributed by atoms with Crippen molar-refractivity contribution >= 4 is 34.3 Å². The van der Waals surface area contributed by atoms with E-state index in [0.717, 1.165) is 4.34 Å². The van der Waals surface area contributed by atoms with Crippen LogP contribution >= 0.6 is 34.3 Å². The fraction of sp³-hybridized carbons (Fsp3) is 0.333. The Morgan fingerprint density at radius 2 is 1.88 bits per heavy atom. The predicted octanol–water partition coefficient (Wildman–Crippen LogP) is 4.87. The van der Waals surface area contributed by atoms with Crippen LogP contribution in [0.1, 0.15) is 35.7 Å². The van der Waals surface area contributed by atoms with Gasteiger partial charge in [0.25, 0.3) is 0 Å². The Balaban J connectivity index is 2.00. The second-order valence-corrected chi connectivity index (χ2v) is 6.49. The summed E-state index contributed by atoms with van der Waals surface area (Å²) in [5.41, 5.74) is 0. The third-order valence-electron chi connectivity index (χ3n) is 2.49. The molecule has 0 aliphatic heterocycles. The van der Waals surface area contributed by atoms with Gasteiger partial charge in [-0.05, 0) is 37.4 Å². The van der Waals surface area contributed by atoms with E-state index in [4.69, 9.17) is 11.6 Å². The van der Waals surface area contributed by atoms with E-state index in [-0.39, 0.29) is 0 Å². The van der Waals surface area contributed by atoms with Crippen molar-refractivity contribution in [3.05, 3.63) is 43.7 Å². The summed E-state index contributed by atoms with van der Waals surface area (Å²) in [6.45, 7) is 4.36. The third-order valence-corrected chi connectivity index (χ3v) is 4.96. The predicted molar refractivity (Wildman–Crippen MR) is 73.6 cm³/mol. The highest BCUT2D eigenvalue weighted by Crippen LogP contribution is 2.29. The van der Waals surface area contributed by atoms with Gasteiger partial charge in [-0.1, -0.05) is 17.7 Å². The molecule has 2 aromatic heterocycles. The fourth-order valence-corrected chi connectivity index (χ4v) is 3.45. The molecule has 0 saturated heterocycles. The summed E-state index contributed by atoms with van der Waals surface area (Å²) >= 11 is 9.36. The minimum Gasteiger partial charge on any atom is -0.302 e. The number of nitrogens with one attached hydrogen (secondary N) is 1. The molecular formula is C12H14ClNS2. The van der Waals surface area contributed by atoms with E-state index in [0.29, 0.717) is 12.1 Å². The SMILES string of the molecule is CC(N[C@H](C)c1cccs1)c1ccc(Cl)s1. The van der Waals surface area contributed by atoms with Crippen LogP contribution in [-0.4, -0.2) is 0 Å². The van der Waals surface area contributed by atoms with E-state index in [1.165, 1.54) is 9.75 Å². The third kappa shape index (κ3) is 2.86. The van der Waals surface area contributed by atoms with E-state index in [9.17, 15) is 0 Å². The zero-order chi connectivity index (χ0) is 11.5. The topological polar surface area (TPSA) is 12.0 Å². The molecule has 0 spiro atoms. The van der Waals surface area contributed by atoms with Gasteiger partial charge >= 0.3 is 0 Å². The summed E-state index contributed by atoms with van der Waals surface area (Å²) < 4.78 is 0.854. The van der Waals surface area contributed by atoms with Gasteiger partial charge in [-0.25, -0.2) is 0 Å². The van der Waals surface area contributed by atoms with Crippen molar-refractivity contribution in [2.24, 2.45) is 0 Å². The van der Waals surface area contributed by atoms with Gasteiger partial charge in [0.2, 0.25) is 0 Å². The highest BCUT2D eigenvalue weighted by molar-refractivity contribution is 7.16. The average molecular weight is 272 g/mol. The zero-order valence-electron chi connectivity index (χ0n) is 9.24. The average Bonchev–Trinajstić information content (AvgIpc) is 2.87. The first-order valence-electron chi connectivity index (χ1n) is 5.21. The largest absolute Gasteiger partial charge is 0.302 e. The lowest BCUT2D eigenvalue weighted by atomic mass is 10.2. The molecule has 2 heterocycles. The molecule has 1 nitrogen and oxygen atoms in total. The molecule has 0 amide bonds. The molecule has 0 aromatic carbocycles. The summed E-state index contributed by atoms with van der Waals surface area (Å²) in [4.78, 5) is 2.66. The first-order chi connectivity index (χ1) is 7.66. The van der Waals surface area contributed by atoms with Gasteiger partial charge in [-0.15, -0.1) is 22.7 Å². The fourth-order valence-electron chi connectivity index (χ4n) is 1.64. The lowest BCUT2D eigenvalue weighted by Gasteiger charge is -2.17. The molecule has 1 N–H and O–H groups in total. The molecule has 0 aliphatic carbocycles. The number of rotatable bonds is 4. The molecule has 4 heteroatoms. The van der Waals surface area contributed by atoms with E-state index < -0.39 is 0 Å². The van der Waals surface area contributed by atoms with Crippen LogP contribution in [0.5, 0.6) is 0 Å². The second kappa shape index (κ2) is 5.32. The number of hydrogen-bond donors (Lipinski definition) is 1. The second-order valence-electron chi connectivity index (χ2n) is 3.77. The minimum atomic E-state index is 0.342. The standard InChI is InChI=1S/C12H14ClNS2/c1-8(10-4-3-7-15-10)14-9(2)11-5-6-12(13)16-11/h3-9,14H,1-2H3/t8-,9?/m1/s1. The smallest absolute Gasteiger partial charge is 0.0931 e. The quantitative estimate of drug-likeness (QED) is 0.836. The lowest BCUT2D eigenvalue weighted by molar-refractivity contribution is 0.506. The van der Waals surface area contributed by atoms with Crippen molar-refractivity contribution in [3.63, 3.8) is 0 Å². The van der Waals surface area contributed by atoms with Gasteiger partial charge < -0.3 is 5.32 Å². The Kier molecular flexibility index (Phi) is 4.03. The highest BCUT2D eigenvalue weighted by Gasteiger charge is 2.13. The number of thiophene rings is 2. The highest BCUT2D eigenvalue weighted by atomic mass is 35.5. The Labute approximate surface area is 109 Å². The normalized spacial score (nSPS) is 14.9. The van der Waals surface area contributed by atoms with Crippen LogP contribution in [0.25, 0.3) is 0 Å². The molecule has 16 heavy (non-hydrogen) atoms. The first kappa shape index (κ1) is 12.1. The molecule has 0 fully saturated rings. The number of hydrogen-bond acceptors (Lipinski definition) is 3. The number of halogens is 1. The van der Waals surface area contributed by atoms with Crippen molar-refractivity contribution in [1.29, 1.82) is 0 Å². The maximum atomic E-state index is 5.93. The van der Waals surface area contributed by atoms with Crippen LogP contribution in [0.3, 0.4) is 0 Å². The van der Waals surface area contributed by atoms with E-state index >= 15 is 0 Å². The van der Waals surface area contributed by atoms with E-state index in [2.05, 4.69) is 42.7 Å². The Morgan fingerprint density at radius 1 is 1.12 bits per heavy atom. The molecule has 2 aromatic rings. The molecule has 2 rings (SSSR count). The molecule has 86 valence electrons. The lowest BCUT2D eigenvalue weighted by Crippen LogP contribution is -2.20. The van der Waals surface area contributed by atoms with Crippen LogP contribution in [-0.2, 0) is 0 Å². The molecule has 2 atom stereocenters. The summed E-state index contributed by atoms with van der Waals surface area (Å²) in [6, 6.07) is 9.02. The van der Waals surface area contributed by atoms with Crippen molar-refractivity contribution in [1.82, 2.24) is 5.32 Å². The van der Waals surface area contributed by atoms with Crippen LogP contribution in [0, 0.1) is 0 Å². The molecule has 0 bridgehead atoms. The molecule has 0 radical (unpaired) electrons. The van der Waals surface area contributed by atoms with E-state index in [1.807, 2.05) is 6.07 Å². The van der Waals surface area contributed by atoms with Crippen LogP contribution in [0.2, 0.25) is 4.34 Å². The van der Waals surface area contributed by atoms with E-state index in [1.54, 1.807) is 22.7 Å².